The third-order valence-electron chi connectivity index (χ3n) is 7.06. The maximum Gasteiger partial charge on any atom is 0.295 e. The summed E-state index contributed by atoms with van der Waals surface area (Å²) in [7, 11) is 0. The lowest BCUT2D eigenvalue weighted by atomic mass is 9.95. The number of aliphatic hydroxyl groups is 1. The van der Waals surface area contributed by atoms with E-state index in [9.17, 15) is 14.7 Å². The maximum absolute atomic E-state index is 13.2. The molecule has 1 unspecified atom stereocenters. The summed E-state index contributed by atoms with van der Waals surface area (Å²) in [6.45, 7) is 9.24. The third-order valence-corrected chi connectivity index (χ3v) is 7.31. The summed E-state index contributed by atoms with van der Waals surface area (Å²) in [5, 5.41) is 11.9. The number of hydrogen-bond acceptors (Lipinski definition) is 5. The zero-order valence-electron chi connectivity index (χ0n) is 22.0. The molecule has 1 aliphatic heterocycles. The van der Waals surface area contributed by atoms with Crippen molar-refractivity contribution >= 4 is 29.1 Å². The Bertz CT molecular complexity index is 1310. The molecule has 6 nitrogen and oxygen atoms in total. The second-order valence-electron chi connectivity index (χ2n) is 9.31. The summed E-state index contributed by atoms with van der Waals surface area (Å²) in [6, 6.07) is 21.2. The molecule has 1 heterocycles. The number of rotatable bonds is 10. The number of Topliss-reactive ketones (excluding diaryl/α,β-unsaturated/α-hetero) is 1. The van der Waals surface area contributed by atoms with Crippen molar-refractivity contribution in [2.45, 2.75) is 33.4 Å². The Kier molecular flexibility index (Phi) is 8.87. The van der Waals surface area contributed by atoms with Gasteiger partial charge in [0.25, 0.3) is 11.7 Å². The standard InChI is InChI=1S/C31H33ClN2O4/c1-4-33(5-2)18-19-34-28(22-10-14-25(32)15-11-22)27(30(36)31(34)37)29(35)23-12-16-26(17-13-23)38-20-24-9-7-6-8-21(24)3/h6-17,28,35H,4-5,18-20H2,1-3H3. The lowest BCUT2D eigenvalue weighted by Gasteiger charge is -2.28. The van der Waals surface area contributed by atoms with Gasteiger partial charge in [0.1, 0.15) is 18.1 Å². The van der Waals surface area contributed by atoms with Gasteiger partial charge < -0.3 is 19.6 Å². The molecule has 0 radical (unpaired) electrons. The molecule has 38 heavy (non-hydrogen) atoms. The Morgan fingerprint density at radius 1 is 0.974 bits per heavy atom. The molecule has 0 saturated carbocycles. The molecule has 1 fully saturated rings. The number of likely N-dealkylation sites (tertiary alicyclic amines) is 1. The van der Waals surface area contributed by atoms with E-state index in [1.807, 2.05) is 31.2 Å². The normalized spacial score (nSPS) is 16.9. The van der Waals surface area contributed by atoms with Crippen LogP contribution in [0.4, 0.5) is 0 Å². The molecule has 0 aromatic heterocycles. The first-order valence-electron chi connectivity index (χ1n) is 12.9. The van der Waals surface area contributed by atoms with Crippen molar-refractivity contribution in [2.75, 3.05) is 26.2 Å². The number of amides is 1. The lowest BCUT2D eigenvalue weighted by molar-refractivity contribution is -0.140. The fourth-order valence-electron chi connectivity index (χ4n) is 4.69. The molecule has 0 spiro atoms. The van der Waals surface area contributed by atoms with Crippen molar-refractivity contribution < 1.29 is 19.4 Å². The molecular formula is C31H33ClN2O4. The van der Waals surface area contributed by atoms with Crippen LogP contribution in [0.3, 0.4) is 0 Å². The third kappa shape index (κ3) is 5.93. The van der Waals surface area contributed by atoms with E-state index in [4.69, 9.17) is 16.3 Å². The largest absolute Gasteiger partial charge is 0.507 e. The Balaban J connectivity index is 1.64. The smallest absolute Gasteiger partial charge is 0.295 e. The molecule has 1 aliphatic rings. The van der Waals surface area contributed by atoms with E-state index in [0.29, 0.717) is 41.6 Å². The van der Waals surface area contributed by atoms with Gasteiger partial charge >= 0.3 is 0 Å². The first-order valence-corrected chi connectivity index (χ1v) is 13.3. The van der Waals surface area contributed by atoms with E-state index in [0.717, 1.165) is 24.2 Å². The van der Waals surface area contributed by atoms with Crippen LogP contribution in [0.25, 0.3) is 5.76 Å². The second-order valence-corrected chi connectivity index (χ2v) is 9.75. The highest BCUT2D eigenvalue weighted by Crippen LogP contribution is 2.39. The number of benzene rings is 3. The molecular weight excluding hydrogens is 500 g/mol. The van der Waals surface area contributed by atoms with Crippen LogP contribution in [-0.2, 0) is 16.2 Å². The van der Waals surface area contributed by atoms with Gasteiger partial charge in [-0.25, -0.2) is 0 Å². The van der Waals surface area contributed by atoms with Gasteiger partial charge in [0.2, 0.25) is 0 Å². The van der Waals surface area contributed by atoms with Gasteiger partial charge in [-0.1, -0.05) is 61.8 Å². The maximum atomic E-state index is 13.2. The molecule has 3 aromatic rings. The van der Waals surface area contributed by atoms with Crippen LogP contribution < -0.4 is 4.74 Å². The van der Waals surface area contributed by atoms with E-state index in [-0.39, 0.29) is 11.3 Å². The van der Waals surface area contributed by atoms with Gasteiger partial charge in [0, 0.05) is 23.7 Å². The average Bonchev–Trinajstić information content (AvgIpc) is 3.18. The molecule has 1 saturated heterocycles. The van der Waals surface area contributed by atoms with E-state index in [2.05, 4.69) is 18.7 Å². The van der Waals surface area contributed by atoms with Gasteiger partial charge in [-0.3, -0.25) is 9.59 Å². The highest BCUT2D eigenvalue weighted by molar-refractivity contribution is 6.46. The zero-order valence-corrected chi connectivity index (χ0v) is 22.7. The number of likely N-dealkylation sites (N-methyl/N-ethyl adjacent to an activating group) is 1. The van der Waals surface area contributed by atoms with Crippen molar-refractivity contribution in [3.05, 3.63) is 106 Å². The number of nitrogens with zero attached hydrogens (tertiary/aromatic N) is 2. The highest BCUT2D eigenvalue weighted by Gasteiger charge is 2.45. The molecule has 1 atom stereocenters. The van der Waals surface area contributed by atoms with Crippen LogP contribution >= 0.6 is 11.6 Å². The molecule has 1 amide bonds. The summed E-state index contributed by atoms with van der Waals surface area (Å²) < 4.78 is 5.92. The highest BCUT2D eigenvalue weighted by atomic mass is 35.5. The van der Waals surface area contributed by atoms with Crippen molar-refractivity contribution in [1.82, 2.24) is 9.80 Å². The number of carbonyl (C=O) groups excluding carboxylic acids is 2. The van der Waals surface area contributed by atoms with Gasteiger partial charge in [0.15, 0.2) is 0 Å². The minimum absolute atomic E-state index is 0.0745. The summed E-state index contributed by atoms with van der Waals surface area (Å²) in [5.41, 5.74) is 3.47. The summed E-state index contributed by atoms with van der Waals surface area (Å²) in [5.74, 6) is -0.878. The quantitative estimate of drug-likeness (QED) is 0.197. The Morgan fingerprint density at radius 2 is 1.63 bits per heavy atom. The van der Waals surface area contributed by atoms with E-state index in [1.54, 1.807) is 53.4 Å². The number of hydrogen-bond donors (Lipinski definition) is 1. The van der Waals surface area contributed by atoms with Crippen LogP contribution in [0.2, 0.25) is 5.02 Å². The zero-order chi connectivity index (χ0) is 27.2. The van der Waals surface area contributed by atoms with Crippen molar-refractivity contribution in [2.24, 2.45) is 0 Å². The predicted molar refractivity (Wildman–Crippen MR) is 150 cm³/mol. The summed E-state index contributed by atoms with van der Waals surface area (Å²) in [6.07, 6.45) is 0. The van der Waals surface area contributed by atoms with E-state index in [1.165, 1.54) is 0 Å². The molecule has 198 valence electrons. The van der Waals surface area contributed by atoms with Gasteiger partial charge in [-0.2, -0.15) is 0 Å². The molecule has 0 bridgehead atoms. The van der Waals surface area contributed by atoms with E-state index < -0.39 is 17.7 Å². The Hall–Kier alpha value is -3.61. The predicted octanol–water partition coefficient (Wildman–Crippen LogP) is 5.99. The summed E-state index contributed by atoms with van der Waals surface area (Å²) >= 11 is 6.11. The number of aryl methyl sites for hydroxylation is 1. The Labute approximate surface area is 229 Å². The van der Waals surface area contributed by atoms with Crippen LogP contribution in [0.1, 0.15) is 42.1 Å². The van der Waals surface area contributed by atoms with Crippen LogP contribution in [0, 0.1) is 6.92 Å². The van der Waals surface area contributed by atoms with Crippen molar-refractivity contribution in [3.8, 4) is 5.75 Å². The van der Waals surface area contributed by atoms with Crippen molar-refractivity contribution in [1.29, 1.82) is 0 Å². The Morgan fingerprint density at radius 3 is 2.26 bits per heavy atom. The second kappa shape index (κ2) is 12.3. The number of halogens is 1. The summed E-state index contributed by atoms with van der Waals surface area (Å²) in [4.78, 5) is 30.1. The molecule has 1 N–H and O–H groups in total. The number of aliphatic hydroxyl groups excluding tert-OH is 1. The monoisotopic (exact) mass is 532 g/mol. The number of ether oxygens (including phenoxy) is 1. The minimum Gasteiger partial charge on any atom is -0.507 e. The van der Waals surface area contributed by atoms with Crippen LogP contribution in [0.15, 0.2) is 78.4 Å². The molecule has 0 aliphatic carbocycles. The van der Waals surface area contributed by atoms with Gasteiger partial charge in [-0.05, 0) is 73.1 Å². The van der Waals surface area contributed by atoms with Crippen molar-refractivity contribution in [3.63, 3.8) is 0 Å². The molecule has 4 rings (SSSR count). The first-order chi connectivity index (χ1) is 18.3. The fourth-order valence-corrected chi connectivity index (χ4v) is 4.81. The molecule has 3 aromatic carbocycles. The van der Waals surface area contributed by atoms with Crippen LogP contribution in [-0.4, -0.2) is 52.8 Å². The lowest BCUT2D eigenvalue weighted by Crippen LogP contribution is -2.38. The van der Waals surface area contributed by atoms with E-state index >= 15 is 0 Å². The number of carbonyl (C=O) groups is 2. The fraction of sp³-hybridized carbons (Fsp3) is 0.290. The minimum atomic E-state index is -0.709. The molecule has 7 heteroatoms. The first kappa shape index (κ1) is 27.4. The van der Waals surface area contributed by atoms with Crippen LogP contribution in [0.5, 0.6) is 5.75 Å². The van der Waals surface area contributed by atoms with Gasteiger partial charge in [-0.15, -0.1) is 0 Å². The SMILES string of the molecule is CCN(CC)CCN1C(=O)C(=O)C(=C(O)c2ccc(OCc3ccccc3C)cc2)C1c1ccc(Cl)cc1. The number of ketones is 1. The van der Waals surface area contributed by atoms with Gasteiger partial charge in [0.05, 0.1) is 11.6 Å². The average molecular weight is 533 g/mol. The topological polar surface area (TPSA) is 70.1 Å².